The standard InChI is InChI=1S/C12H18F3NO3S/c13-12(14,15)8-16(10-3-1-2-4-10)11(17)9-5-6-20(18,19)7-9/h9-10H,1-8H2/t9-/m0/s1. The van der Waals surface area contributed by atoms with Crippen LogP contribution >= 0.6 is 0 Å². The molecule has 1 saturated heterocycles. The summed E-state index contributed by atoms with van der Waals surface area (Å²) in [5, 5.41) is 0. The lowest BCUT2D eigenvalue weighted by Crippen LogP contribution is -2.47. The van der Waals surface area contributed by atoms with E-state index in [-0.39, 0.29) is 17.9 Å². The van der Waals surface area contributed by atoms with Gasteiger partial charge < -0.3 is 4.90 Å². The smallest absolute Gasteiger partial charge is 0.330 e. The number of sulfone groups is 1. The molecule has 0 N–H and O–H groups in total. The first-order valence-corrected chi connectivity index (χ1v) is 8.58. The zero-order chi connectivity index (χ0) is 15.0. The second-order valence-electron chi connectivity index (χ2n) is 5.62. The highest BCUT2D eigenvalue weighted by molar-refractivity contribution is 7.91. The number of rotatable bonds is 3. The summed E-state index contributed by atoms with van der Waals surface area (Å²) in [5.41, 5.74) is 0. The molecule has 1 aliphatic carbocycles. The molecule has 0 aromatic carbocycles. The van der Waals surface area contributed by atoms with Crippen LogP contribution in [0.15, 0.2) is 0 Å². The van der Waals surface area contributed by atoms with Crippen molar-refractivity contribution in [1.82, 2.24) is 4.90 Å². The summed E-state index contributed by atoms with van der Waals surface area (Å²) < 4.78 is 60.7. The molecule has 116 valence electrons. The van der Waals surface area contributed by atoms with Crippen LogP contribution in [0.1, 0.15) is 32.1 Å². The third-order valence-corrected chi connectivity index (χ3v) is 5.75. The van der Waals surface area contributed by atoms with Gasteiger partial charge in [0.2, 0.25) is 5.91 Å². The lowest BCUT2D eigenvalue weighted by molar-refractivity contribution is -0.167. The van der Waals surface area contributed by atoms with Crippen molar-refractivity contribution in [2.75, 3.05) is 18.1 Å². The molecule has 20 heavy (non-hydrogen) atoms. The minimum atomic E-state index is -4.45. The van der Waals surface area contributed by atoms with Crippen molar-refractivity contribution in [2.24, 2.45) is 5.92 Å². The minimum Gasteiger partial charge on any atom is -0.330 e. The predicted octanol–water partition coefficient (Wildman–Crippen LogP) is 1.75. The van der Waals surface area contributed by atoms with E-state index < -0.39 is 40.4 Å². The van der Waals surface area contributed by atoms with Crippen molar-refractivity contribution in [3.05, 3.63) is 0 Å². The second-order valence-corrected chi connectivity index (χ2v) is 7.85. The van der Waals surface area contributed by atoms with Gasteiger partial charge in [0.05, 0.1) is 17.4 Å². The molecule has 0 unspecified atom stereocenters. The predicted molar refractivity (Wildman–Crippen MR) is 66.8 cm³/mol. The Balaban J connectivity index is 2.11. The van der Waals surface area contributed by atoms with Gasteiger partial charge >= 0.3 is 6.18 Å². The topological polar surface area (TPSA) is 54.5 Å². The zero-order valence-electron chi connectivity index (χ0n) is 11.0. The highest BCUT2D eigenvalue weighted by Gasteiger charge is 2.42. The summed E-state index contributed by atoms with van der Waals surface area (Å²) in [6, 6.07) is -0.396. The van der Waals surface area contributed by atoms with E-state index in [4.69, 9.17) is 0 Å². The molecule has 1 amide bonds. The molecule has 8 heteroatoms. The van der Waals surface area contributed by atoms with E-state index in [2.05, 4.69) is 0 Å². The van der Waals surface area contributed by atoms with Gasteiger partial charge in [0.15, 0.2) is 9.84 Å². The molecule has 0 bridgehead atoms. The maximum absolute atomic E-state index is 12.6. The largest absolute Gasteiger partial charge is 0.406 e. The van der Waals surface area contributed by atoms with Gasteiger partial charge in [-0.2, -0.15) is 13.2 Å². The maximum atomic E-state index is 12.6. The zero-order valence-corrected chi connectivity index (χ0v) is 11.8. The van der Waals surface area contributed by atoms with Crippen LogP contribution in [0.25, 0.3) is 0 Å². The Labute approximate surface area is 116 Å². The Morgan fingerprint density at radius 3 is 2.20 bits per heavy atom. The number of carbonyl (C=O) groups excluding carboxylic acids is 1. The molecule has 0 radical (unpaired) electrons. The summed E-state index contributed by atoms with van der Waals surface area (Å²) in [6.45, 7) is -1.27. The van der Waals surface area contributed by atoms with Crippen molar-refractivity contribution in [2.45, 2.75) is 44.3 Å². The fourth-order valence-corrected chi connectivity index (χ4v) is 4.75. The van der Waals surface area contributed by atoms with E-state index >= 15 is 0 Å². The van der Waals surface area contributed by atoms with E-state index in [0.29, 0.717) is 12.8 Å². The SMILES string of the molecule is O=C([C@H]1CCS(=O)(=O)C1)N(CC(F)(F)F)C1CCCC1. The van der Waals surface area contributed by atoms with Crippen LogP contribution in [0.2, 0.25) is 0 Å². The molecule has 0 aromatic rings. The second kappa shape index (κ2) is 5.54. The lowest BCUT2D eigenvalue weighted by Gasteiger charge is -2.31. The van der Waals surface area contributed by atoms with Crippen molar-refractivity contribution < 1.29 is 26.4 Å². The normalized spacial score (nSPS) is 26.9. The van der Waals surface area contributed by atoms with Crippen LogP contribution in [-0.4, -0.2) is 49.5 Å². The summed E-state index contributed by atoms with van der Waals surface area (Å²) in [5.74, 6) is -1.86. The van der Waals surface area contributed by atoms with Gasteiger partial charge in [-0.05, 0) is 19.3 Å². The van der Waals surface area contributed by atoms with E-state index in [0.717, 1.165) is 17.7 Å². The third kappa shape index (κ3) is 3.86. The van der Waals surface area contributed by atoms with Gasteiger partial charge in [-0.25, -0.2) is 8.42 Å². The number of halogens is 3. The quantitative estimate of drug-likeness (QED) is 0.798. The van der Waals surface area contributed by atoms with Gasteiger partial charge in [0, 0.05) is 6.04 Å². The van der Waals surface area contributed by atoms with E-state index in [1.165, 1.54) is 0 Å². The van der Waals surface area contributed by atoms with Crippen molar-refractivity contribution >= 4 is 15.7 Å². The minimum absolute atomic E-state index is 0.103. The molecular weight excluding hydrogens is 295 g/mol. The fourth-order valence-electron chi connectivity index (χ4n) is 3.02. The van der Waals surface area contributed by atoms with Gasteiger partial charge in [-0.15, -0.1) is 0 Å². The average molecular weight is 313 g/mol. The van der Waals surface area contributed by atoms with Crippen LogP contribution in [0, 0.1) is 5.92 Å². The molecular formula is C12H18F3NO3S. The lowest BCUT2D eigenvalue weighted by atomic mass is 10.1. The van der Waals surface area contributed by atoms with Crippen LogP contribution in [-0.2, 0) is 14.6 Å². The van der Waals surface area contributed by atoms with Crippen molar-refractivity contribution in [3.8, 4) is 0 Å². The Morgan fingerprint density at radius 1 is 1.15 bits per heavy atom. The number of amides is 1. The maximum Gasteiger partial charge on any atom is 0.406 e. The molecule has 2 fully saturated rings. The van der Waals surface area contributed by atoms with Gasteiger partial charge in [0.25, 0.3) is 0 Å². The number of hydrogen-bond donors (Lipinski definition) is 0. The number of carbonyl (C=O) groups is 1. The summed E-state index contributed by atoms with van der Waals surface area (Å²) >= 11 is 0. The van der Waals surface area contributed by atoms with Gasteiger partial charge in [0.1, 0.15) is 6.54 Å². The van der Waals surface area contributed by atoms with Gasteiger partial charge in [-0.1, -0.05) is 12.8 Å². The van der Waals surface area contributed by atoms with Crippen LogP contribution in [0.5, 0.6) is 0 Å². The Bertz CT molecular complexity index is 469. The third-order valence-electron chi connectivity index (χ3n) is 3.98. The molecule has 1 heterocycles. The summed E-state index contributed by atoms with van der Waals surface area (Å²) in [7, 11) is -3.27. The van der Waals surface area contributed by atoms with E-state index in [1.807, 2.05) is 0 Å². The van der Waals surface area contributed by atoms with Crippen LogP contribution in [0.4, 0.5) is 13.2 Å². The van der Waals surface area contributed by atoms with Crippen LogP contribution < -0.4 is 0 Å². The molecule has 4 nitrogen and oxygen atoms in total. The first kappa shape index (κ1) is 15.6. The highest BCUT2D eigenvalue weighted by Crippen LogP contribution is 2.30. The van der Waals surface area contributed by atoms with E-state index in [9.17, 15) is 26.4 Å². The van der Waals surface area contributed by atoms with Gasteiger partial charge in [-0.3, -0.25) is 4.79 Å². The molecule has 1 aliphatic heterocycles. The van der Waals surface area contributed by atoms with Crippen molar-refractivity contribution in [1.29, 1.82) is 0 Å². The first-order valence-electron chi connectivity index (χ1n) is 6.76. The molecule has 0 spiro atoms. The number of hydrogen-bond acceptors (Lipinski definition) is 3. The Hall–Kier alpha value is -0.790. The van der Waals surface area contributed by atoms with Crippen LogP contribution in [0.3, 0.4) is 0 Å². The van der Waals surface area contributed by atoms with E-state index in [1.54, 1.807) is 0 Å². The average Bonchev–Trinajstić information content (AvgIpc) is 2.93. The number of nitrogens with zero attached hydrogens (tertiary/aromatic N) is 1. The summed E-state index contributed by atoms with van der Waals surface area (Å²) in [4.78, 5) is 13.1. The Morgan fingerprint density at radius 2 is 1.75 bits per heavy atom. The molecule has 1 saturated carbocycles. The fraction of sp³-hybridized carbons (Fsp3) is 0.917. The number of alkyl halides is 3. The molecule has 1 atom stereocenters. The first-order chi connectivity index (χ1) is 9.18. The molecule has 2 aliphatic rings. The molecule has 2 rings (SSSR count). The highest BCUT2D eigenvalue weighted by atomic mass is 32.2. The van der Waals surface area contributed by atoms with Crippen molar-refractivity contribution in [3.63, 3.8) is 0 Å². The summed E-state index contributed by atoms with van der Waals surface area (Å²) in [6.07, 6.45) is -1.54. The monoisotopic (exact) mass is 313 g/mol. The Kier molecular flexibility index (Phi) is 4.32. The molecule has 0 aromatic heterocycles.